The van der Waals surface area contributed by atoms with Gasteiger partial charge in [-0.25, -0.2) is 0 Å². The molecule has 1 aliphatic carbocycles. The molecule has 0 aromatic carbocycles. The standard InChI is InChI=1S/C13H26N2O/c1-14-7-3-4-12(8-14)9-15(2)10-13(11-16)5-6-13/h12,16H,3-11H2,1-2H3. The molecule has 2 rings (SSSR count). The Bertz CT molecular complexity index is 228. The Morgan fingerprint density at radius 1 is 1.44 bits per heavy atom. The number of hydrogen-bond donors (Lipinski definition) is 1. The second-order valence-electron chi connectivity index (χ2n) is 6.13. The van der Waals surface area contributed by atoms with Crippen molar-refractivity contribution >= 4 is 0 Å². The smallest absolute Gasteiger partial charge is 0.0499 e. The minimum Gasteiger partial charge on any atom is -0.396 e. The fraction of sp³-hybridized carbons (Fsp3) is 1.00. The fourth-order valence-corrected chi connectivity index (χ4v) is 3.04. The molecule has 0 radical (unpaired) electrons. The summed E-state index contributed by atoms with van der Waals surface area (Å²) >= 11 is 0. The average Bonchev–Trinajstić information content (AvgIpc) is 2.98. The summed E-state index contributed by atoms with van der Waals surface area (Å²) in [7, 11) is 4.44. The van der Waals surface area contributed by atoms with E-state index < -0.39 is 0 Å². The van der Waals surface area contributed by atoms with Gasteiger partial charge in [0, 0.05) is 31.7 Å². The summed E-state index contributed by atoms with van der Waals surface area (Å²) in [5.41, 5.74) is 0.273. The Morgan fingerprint density at radius 2 is 2.19 bits per heavy atom. The number of aliphatic hydroxyl groups excluding tert-OH is 1. The molecule has 1 atom stereocenters. The van der Waals surface area contributed by atoms with Crippen molar-refractivity contribution in [3.63, 3.8) is 0 Å². The number of likely N-dealkylation sites (tertiary alicyclic amines) is 1. The molecule has 3 nitrogen and oxygen atoms in total. The van der Waals surface area contributed by atoms with E-state index in [-0.39, 0.29) is 5.41 Å². The molecule has 0 aromatic rings. The van der Waals surface area contributed by atoms with Crippen LogP contribution >= 0.6 is 0 Å². The third kappa shape index (κ3) is 3.19. The molecule has 1 saturated heterocycles. The minimum absolute atomic E-state index is 0.273. The first-order chi connectivity index (χ1) is 7.63. The maximum atomic E-state index is 9.32. The molecule has 0 spiro atoms. The third-order valence-electron chi connectivity index (χ3n) is 4.19. The zero-order valence-electron chi connectivity index (χ0n) is 10.8. The van der Waals surface area contributed by atoms with Crippen molar-refractivity contribution in [2.45, 2.75) is 25.7 Å². The lowest BCUT2D eigenvalue weighted by atomic mass is 9.97. The van der Waals surface area contributed by atoms with Crippen molar-refractivity contribution in [2.75, 3.05) is 46.9 Å². The molecule has 16 heavy (non-hydrogen) atoms. The number of piperidine rings is 1. The lowest BCUT2D eigenvalue weighted by Gasteiger charge is -2.33. The van der Waals surface area contributed by atoms with Gasteiger partial charge in [0.25, 0.3) is 0 Å². The summed E-state index contributed by atoms with van der Waals surface area (Å²) in [4.78, 5) is 4.88. The van der Waals surface area contributed by atoms with E-state index >= 15 is 0 Å². The second-order valence-corrected chi connectivity index (χ2v) is 6.13. The van der Waals surface area contributed by atoms with Gasteiger partial charge in [0.1, 0.15) is 0 Å². The Kier molecular flexibility index (Phi) is 3.88. The summed E-state index contributed by atoms with van der Waals surface area (Å²) in [6.45, 7) is 5.18. The van der Waals surface area contributed by atoms with Crippen molar-refractivity contribution in [3.05, 3.63) is 0 Å². The number of nitrogens with zero attached hydrogens (tertiary/aromatic N) is 2. The van der Waals surface area contributed by atoms with E-state index in [2.05, 4.69) is 23.9 Å². The molecule has 0 aromatic heterocycles. The Labute approximate surface area is 99.4 Å². The van der Waals surface area contributed by atoms with Gasteiger partial charge in [-0.2, -0.15) is 0 Å². The summed E-state index contributed by atoms with van der Waals surface area (Å²) in [5.74, 6) is 0.832. The molecular formula is C13H26N2O. The van der Waals surface area contributed by atoms with E-state index in [0.29, 0.717) is 6.61 Å². The summed E-state index contributed by atoms with van der Waals surface area (Å²) in [6, 6.07) is 0. The molecule has 1 unspecified atom stereocenters. The van der Waals surface area contributed by atoms with Crippen LogP contribution in [0.2, 0.25) is 0 Å². The molecule has 0 bridgehead atoms. The van der Waals surface area contributed by atoms with Gasteiger partial charge in [-0.05, 0) is 52.2 Å². The van der Waals surface area contributed by atoms with Crippen LogP contribution in [0.3, 0.4) is 0 Å². The molecule has 3 heteroatoms. The van der Waals surface area contributed by atoms with Crippen LogP contribution in [0, 0.1) is 11.3 Å². The van der Waals surface area contributed by atoms with Gasteiger partial charge in [-0.1, -0.05) is 0 Å². The molecule has 2 aliphatic rings. The predicted octanol–water partition coefficient (Wildman–Crippen LogP) is 1.03. The van der Waals surface area contributed by atoms with Gasteiger partial charge in [0.05, 0.1) is 0 Å². The average molecular weight is 226 g/mol. The van der Waals surface area contributed by atoms with Crippen molar-refractivity contribution in [1.29, 1.82) is 0 Å². The maximum Gasteiger partial charge on any atom is 0.0499 e. The maximum absolute atomic E-state index is 9.32. The molecule has 0 amide bonds. The van der Waals surface area contributed by atoms with Crippen molar-refractivity contribution in [2.24, 2.45) is 11.3 Å². The third-order valence-corrected chi connectivity index (χ3v) is 4.19. The quantitative estimate of drug-likeness (QED) is 0.758. The van der Waals surface area contributed by atoms with Crippen LogP contribution in [0.25, 0.3) is 0 Å². The predicted molar refractivity (Wildman–Crippen MR) is 66.5 cm³/mol. The normalized spacial score (nSPS) is 29.6. The zero-order valence-corrected chi connectivity index (χ0v) is 10.8. The van der Waals surface area contributed by atoms with Gasteiger partial charge in [-0.15, -0.1) is 0 Å². The van der Waals surface area contributed by atoms with Crippen molar-refractivity contribution in [3.8, 4) is 0 Å². The second kappa shape index (κ2) is 5.03. The topological polar surface area (TPSA) is 26.7 Å². The van der Waals surface area contributed by atoms with Gasteiger partial charge >= 0.3 is 0 Å². The van der Waals surface area contributed by atoms with Crippen LogP contribution in [0.4, 0.5) is 0 Å². The van der Waals surface area contributed by atoms with E-state index in [9.17, 15) is 5.11 Å². The summed E-state index contributed by atoms with van der Waals surface area (Å²) < 4.78 is 0. The van der Waals surface area contributed by atoms with Crippen molar-refractivity contribution < 1.29 is 5.11 Å². The molecule has 1 aliphatic heterocycles. The van der Waals surface area contributed by atoms with Crippen LogP contribution in [-0.4, -0.2) is 61.8 Å². The highest BCUT2D eigenvalue weighted by atomic mass is 16.3. The summed E-state index contributed by atoms with van der Waals surface area (Å²) in [6.07, 6.45) is 5.16. The Hall–Kier alpha value is -0.120. The van der Waals surface area contributed by atoms with Crippen LogP contribution < -0.4 is 0 Å². The van der Waals surface area contributed by atoms with Crippen molar-refractivity contribution in [1.82, 2.24) is 9.80 Å². The lowest BCUT2D eigenvalue weighted by Crippen LogP contribution is -2.40. The van der Waals surface area contributed by atoms with E-state index in [4.69, 9.17) is 0 Å². The van der Waals surface area contributed by atoms with E-state index in [1.165, 1.54) is 45.3 Å². The highest BCUT2D eigenvalue weighted by Crippen LogP contribution is 2.45. The van der Waals surface area contributed by atoms with Gasteiger partial charge in [0.2, 0.25) is 0 Å². The highest BCUT2D eigenvalue weighted by molar-refractivity contribution is 4.94. The molecule has 2 fully saturated rings. The zero-order chi connectivity index (χ0) is 11.6. The molecule has 1 saturated carbocycles. The number of aliphatic hydroxyl groups is 1. The number of rotatable bonds is 5. The van der Waals surface area contributed by atoms with Crippen LogP contribution in [-0.2, 0) is 0 Å². The Balaban J connectivity index is 1.72. The number of hydrogen-bond acceptors (Lipinski definition) is 3. The first kappa shape index (κ1) is 12.3. The molecule has 1 heterocycles. The molecule has 94 valence electrons. The van der Waals surface area contributed by atoms with Gasteiger partial charge in [0.15, 0.2) is 0 Å². The molecular weight excluding hydrogens is 200 g/mol. The van der Waals surface area contributed by atoms with Crippen LogP contribution in [0.15, 0.2) is 0 Å². The van der Waals surface area contributed by atoms with E-state index in [1.807, 2.05) is 0 Å². The lowest BCUT2D eigenvalue weighted by molar-refractivity contribution is 0.128. The van der Waals surface area contributed by atoms with E-state index in [1.54, 1.807) is 0 Å². The largest absolute Gasteiger partial charge is 0.396 e. The minimum atomic E-state index is 0.273. The first-order valence-electron chi connectivity index (χ1n) is 6.61. The summed E-state index contributed by atoms with van der Waals surface area (Å²) in [5, 5.41) is 9.32. The van der Waals surface area contributed by atoms with E-state index in [0.717, 1.165) is 12.5 Å². The monoisotopic (exact) mass is 226 g/mol. The van der Waals surface area contributed by atoms with Crippen LogP contribution in [0.5, 0.6) is 0 Å². The SMILES string of the molecule is CN1CCCC(CN(C)CC2(CO)CC2)C1. The van der Waals surface area contributed by atoms with Gasteiger partial charge in [-0.3, -0.25) is 0 Å². The fourth-order valence-electron chi connectivity index (χ4n) is 3.04. The van der Waals surface area contributed by atoms with Gasteiger partial charge < -0.3 is 14.9 Å². The van der Waals surface area contributed by atoms with Crippen LogP contribution in [0.1, 0.15) is 25.7 Å². The Morgan fingerprint density at radius 3 is 2.75 bits per heavy atom. The first-order valence-corrected chi connectivity index (χ1v) is 6.61. The highest BCUT2D eigenvalue weighted by Gasteiger charge is 2.42. The molecule has 1 N–H and O–H groups in total.